The highest BCUT2D eigenvalue weighted by atomic mass is 32.2. The number of nitrogen functional groups attached to an aromatic ring is 1. The number of fused-ring (bicyclic) bond motifs is 2. The number of aromatic amines is 1. The van der Waals surface area contributed by atoms with E-state index in [0.717, 1.165) is 0 Å². The SMILES string of the molecule is Nc1ccc2[nH]c(=O)n(S(=O)(=O)c3ccc4c(c3)OCO4)c2c1. The summed E-state index contributed by atoms with van der Waals surface area (Å²) in [4.78, 5) is 14.6. The highest BCUT2D eigenvalue weighted by molar-refractivity contribution is 7.90. The van der Waals surface area contributed by atoms with Crippen molar-refractivity contribution in [3.63, 3.8) is 0 Å². The molecule has 2 heterocycles. The Bertz CT molecular complexity index is 1100. The number of anilines is 1. The van der Waals surface area contributed by atoms with Gasteiger partial charge in [-0.1, -0.05) is 0 Å². The van der Waals surface area contributed by atoms with Crippen LogP contribution in [0.15, 0.2) is 46.1 Å². The van der Waals surface area contributed by atoms with E-state index in [1.807, 2.05) is 0 Å². The number of benzene rings is 2. The molecule has 3 aromatic rings. The van der Waals surface area contributed by atoms with E-state index in [4.69, 9.17) is 15.2 Å². The number of rotatable bonds is 2. The molecule has 0 saturated heterocycles. The normalized spacial score (nSPS) is 13.6. The highest BCUT2D eigenvalue weighted by Crippen LogP contribution is 2.34. The molecule has 1 aliphatic rings. The minimum Gasteiger partial charge on any atom is -0.454 e. The summed E-state index contributed by atoms with van der Waals surface area (Å²) < 4.78 is 36.7. The summed E-state index contributed by atoms with van der Waals surface area (Å²) in [6.07, 6.45) is 0. The Morgan fingerprint density at radius 3 is 2.70 bits per heavy atom. The fourth-order valence-corrected chi connectivity index (χ4v) is 3.86. The molecule has 0 spiro atoms. The van der Waals surface area contributed by atoms with Gasteiger partial charge in [-0.25, -0.2) is 13.2 Å². The van der Waals surface area contributed by atoms with E-state index in [9.17, 15) is 13.2 Å². The van der Waals surface area contributed by atoms with Crippen molar-refractivity contribution in [1.82, 2.24) is 8.96 Å². The van der Waals surface area contributed by atoms with Gasteiger partial charge < -0.3 is 20.2 Å². The smallest absolute Gasteiger partial charge is 0.340 e. The van der Waals surface area contributed by atoms with E-state index in [-0.39, 0.29) is 17.2 Å². The summed E-state index contributed by atoms with van der Waals surface area (Å²) in [5, 5.41) is 0. The van der Waals surface area contributed by atoms with Gasteiger partial charge in [0.15, 0.2) is 11.5 Å². The Hall–Kier alpha value is -2.94. The molecular weight excluding hydrogens is 322 g/mol. The second-order valence-corrected chi connectivity index (χ2v) is 6.78. The summed E-state index contributed by atoms with van der Waals surface area (Å²) in [5.74, 6) is 0.776. The van der Waals surface area contributed by atoms with Crippen molar-refractivity contribution in [2.75, 3.05) is 12.5 Å². The summed E-state index contributed by atoms with van der Waals surface area (Å²) in [5.41, 5.74) is 5.86. The predicted octanol–water partition coefficient (Wildman–Crippen LogP) is 0.878. The van der Waals surface area contributed by atoms with Crippen LogP contribution >= 0.6 is 0 Å². The van der Waals surface area contributed by atoms with Crippen LogP contribution in [0, 0.1) is 0 Å². The number of imidazole rings is 1. The van der Waals surface area contributed by atoms with E-state index in [2.05, 4.69) is 4.98 Å². The molecule has 0 amide bonds. The van der Waals surface area contributed by atoms with Gasteiger partial charge in [0.1, 0.15) is 0 Å². The Morgan fingerprint density at radius 2 is 1.87 bits per heavy atom. The number of nitrogens with zero attached hydrogens (tertiary/aromatic N) is 1. The van der Waals surface area contributed by atoms with E-state index in [1.165, 1.54) is 24.3 Å². The maximum Gasteiger partial charge on any atom is 0.340 e. The number of hydrogen-bond acceptors (Lipinski definition) is 6. The van der Waals surface area contributed by atoms with Crippen LogP contribution in [-0.2, 0) is 10.0 Å². The van der Waals surface area contributed by atoms with Gasteiger partial charge in [0.25, 0.3) is 10.0 Å². The molecule has 8 nitrogen and oxygen atoms in total. The molecule has 0 atom stereocenters. The second kappa shape index (κ2) is 4.53. The quantitative estimate of drug-likeness (QED) is 0.672. The van der Waals surface area contributed by atoms with Crippen LogP contribution in [0.1, 0.15) is 0 Å². The van der Waals surface area contributed by atoms with E-state index in [0.29, 0.717) is 26.7 Å². The minimum absolute atomic E-state index is 0.0302. The molecule has 0 aliphatic carbocycles. The minimum atomic E-state index is -4.11. The van der Waals surface area contributed by atoms with Gasteiger partial charge in [-0.3, -0.25) is 0 Å². The maximum absolute atomic E-state index is 12.8. The summed E-state index contributed by atoms with van der Waals surface area (Å²) in [6.45, 7) is 0.0302. The van der Waals surface area contributed by atoms with Gasteiger partial charge in [0, 0.05) is 11.8 Å². The van der Waals surface area contributed by atoms with Gasteiger partial charge >= 0.3 is 5.69 Å². The van der Waals surface area contributed by atoms with E-state index >= 15 is 0 Å². The molecule has 0 radical (unpaired) electrons. The Balaban J connectivity index is 1.98. The summed E-state index contributed by atoms with van der Waals surface area (Å²) in [6, 6.07) is 8.74. The van der Waals surface area contributed by atoms with Crippen molar-refractivity contribution in [2.45, 2.75) is 4.90 Å². The monoisotopic (exact) mass is 333 g/mol. The van der Waals surface area contributed by atoms with Crippen LogP contribution in [0.3, 0.4) is 0 Å². The van der Waals surface area contributed by atoms with Crippen LogP contribution in [0.25, 0.3) is 11.0 Å². The first-order valence-corrected chi connectivity index (χ1v) is 8.06. The first-order chi connectivity index (χ1) is 11.0. The average Bonchev–Trinajstić information content (AvgIpc) is 3.09. The largest absolute Gasteiger partial charge is 0.454 e. The number of nitrogens with two attached hydrogens (primary N) is 1. The van der Waals surface area contributed by atoms with Crippen molar-refractivity contribution in [3.05, 3.63) is 46.9 Å². The lowest BCUT2D eigenvalue weighted by atomic mass is 10.3. The molecule has 3 N–H and O–H groups in total. The zero-order chi connectivity index (χ0) is 16.2. The van der Waals surface area contributed by atoms with Crippen LogP contribution in [-0.4, -0.2) is 24.2 Å². The number of H-pyrrole nitrogens is 1. The topological polar surface area (TPSA) is 116 Å². The second-order valence-electron chi connectivity index (χ2n) is 4.99. The van der Waals surface area contributed by atoms with Crippen LogP contribution < -0.4 is 20.9 Å². The molecule has 0 fully saturated rings. The molecule has 4 rings (SSSR count). The average molecular weight is 333 g/mol. The first-order valence-electron chi connectivity index (χ1n) is 6.62. The number of hydrogen-bond donors (Lipinski definition) is 2. The van der Waals surface area contributed by atoms with Crippen molar-refractivity contribution < 1.29 is 17.9 Å². The predicted molar refractivity (Wildman–Crippen MR) is 82.1 cm³/mol. The molecule has 1 aromatic heterocycles. The van der Waals surface area contributed by atoms with Gasteiger partial charge in [-0.15, -0.1) is 0 Å². The standard InChI is InChI=1S/C14H11N3O5S/c15-8-1-3-10-11(5-8)17(14(18)16-10)23(19,20)9-2-4-12-13(6-9)22-7-21-12/h1-6H,7,15H2,(H,16,18). The summed E-state index contributed by atoms with van der Waals surface area (Å²) >= 11 is 0. The Kier molecular flexibility index (Phi) is 2.70. The van der Waals surface area contributed by atoms with Gasteiger partial charge in [0.2, 0.25) is 6.79 Å². The fraction of sp³-hybridized carbons (Fsp3) is 0.0714. The third-order valence-corrected chi connectivity index (χ3v) is 5.24. The molecule has 0 unspecified atom stereocenters. The molecule has 118 valence electrons. The zero-order valence-corrected chi connectivity index (χ0v) is 12.5. The maximum atomic E-state index is 12.8. The molecule has 0 saturated carbocycles. The summed E-state index contributed by atoms with van der Waals surface area (Å²) in [7, 11) is -4.11. The van der Waals surface area contributed by atoms with Crippen molar-refractivity contribution in [2.24, 2.45) is 0 Å². The van der Waals surface area contributed by atoms with Crippen LogP contribution in [0.4, 0.5) is 5.69 Å². The van der Waals surface area contributed by atoms with E-state index in [1.54, 1.807) is 12.1 Å². The highest BCUT2D eigenvalue weighted by Gasteiger charge is 2.25. The van der Waals surface area contributed by atoms with Gasteiger partial charge in [-0.2, -0.15) is 3.97 Å². The van der Waals surface area contributed by atoms with Crippen molar-refractivity contribution >= 4 is 26.7 Å². The van der Waals surface area contributed by atoms with Crippen LogP contribution in [0.5, 0.6) is 11.5 Å². The molecule has 1 aliphatic heterocycles. The number of aromatic nitrogens is 2. The molecule has 2 aromatic carbocycles. The van der Waals surface area contributed by atoms with Crippen molar-refractivity contribution in [1.29, 1.82) is 0 Å². The van der Waals surface area contributed by atoms with Crippen molar-refractivity contribution in [3.8, 4) is 11.5 Å². The van der Waals surface area contributed by atoms with E-state index < -0.39 is 15.7 Å². The van der Waals surface area contributed by atoms with Crippen LogP contribution in [0.2, 0.25) is 0 Å². The molecule has 23 heavy (non-hydrogen) atoms. The number of nitrogens with one attached hydrogen (secondary N) is 1. The molecule has 9 heteroatoms. The number of ether oxygens (including phenoxy) is 2. The lowest BCUT2D eigenvalue weighted by molar-refractivity contribution is 0.174. The fourth-order valence-electron chi connectivity index (χ4n) is 2.48. The molecule has 0 bridgehead atoms. The lowest BCUT2D eigenvalue weighted by Crippen LogP contribution is -2.25. The van der Waals surface area contributed by atoms with Gasteiger partial charge in [0.05, 0.1) is 15.9 Å². The van der Waals surface area contributed by atoms with Gasteiger partial charge in [-0.05, 0) is 30.3 Å². The third kappa shape index (κ3) is 1.97. The Morgan fingerprint density at radius 1 is 1.09 bits per heavy atom. The third-order valence-electron chi connectivity index (χ3n) is 3.55. The lowest BCUT2D eigenvalue weighted by Gasteiger charge is -2.07. The first kappa shape index (κ1) is 13.7. The molecular formula is C14H11N3O5S. The zero-order valence-electron chi connectivity index (χ0n) is 11.6. The Labute approximate surface area is 130 Å².